The molecule has 0 saturated heterocycles. The maximum atomic E-state index is 13.2. The van der Waals surface area contributed by atoms with Crippen molar-refractivity contribution < 1.29 is 13.9 Å². The van der Waals surface area contributed by atoms with Crippen LogP contribution in [0.1, 0.15) is 70.6 Å². The summed E-state index contributed by atoms with van der Waals surface area (Å²) < 4.78 is 18.7. The Morgan fingerprint density at radius 3 is 2.36 bits per heavy atom. The highest BCUT2D eigenvalue weighted by Crippen LogP contribution is 2.42. The Morgan fingerprint density at radius 1 is 1.11 bits per heavy atom. The summed E-state index contributed by atoms with van der Waals surface area (Å²) in [5, 5.41) is -0.0193. The van der Waals surface area contributed by atoms with E-state index in [0.29, 0.717) is 5.75 Å². The normalized spacial score (nSPS) is 27.9. The largest absolute Gasteiger partial charge is 0.426 e. The topological polar surface area (TPSA) is 26.3 Å². The molecule has 0 radical (unpaired) electrons. The molecule has 2 nitrogen and oxygen atoms in total. The molecule has 3 rings (SSSR count). The van der Waals surface area contributed by atoms with Crippen LogP contribution in [0, 0.1) is 29.5 Å². The van der Waals surface area contributed by atoms with E-state index in [1.807, 2.05) is 6.08 Å². The number of unbranched alkanes of at least 4 members (excludes halogenated alkanes) is 1. The molecule has 0 amide bonds. The number of hydrogen-bond donors (Lipinski definition) is 0. The van der Waals surface area contributed by atoms with E-state index in [0.717, 1.165) is 49.9 Å². The number of hydrogen-bond acceptors (Lipinski definition) is 2. The fourth-order valence-corrected chi connectivity index (χ4v) is 5.24. The lowest BCUT2D eigenvalue weighted by molar-refractivity contribution is -0.140. The minimum absolute atomic E-state index is 0.0193. The molecule has 0 aliphatic heterocycles. The third kappa shape index (κ3) is 5.83. The molecule has 2 aliphatic carbocycles. The molecule has 1 aromatic rings. The molecule has 2 saturated carbocycles. The molecular weight excluding hydrogens is 375 g/mol. The third-order valence-electron chi connectivity index (χ3n) is 6.79. The maximum Gasteiger partial charge on any atom is 0.314 e. The highest BCUT2D eigenvalue weighted by atomic mass is 35.5. The van der Waals surface area contributed by atoms with Crippen LogP contribution in [-0.4, -0.2) is 5.97 Å². The average Bonchev–Trinajstić information content (AvgIpc) is 2.72. The summed E-state index contributed by atoms with van der Waals surface area (Å²) in [6, 6.07) is 4.06. The Morgan fingerprint density at radius 2 is 1.75 bits per heavy atom. The fraction of sp³-hybridized carbons (Fsp3) is 0.625. The van der Waals surface area contributed by atoms with E-state index in [1.54, 1.807) is 0 Å². The molecule has 4 heteroatoms. The molecule has 0 N–H and O–H groups in total. The van der Waals surface area contributed by atoms with Crippen molar-refractivity contribution in [1.82, 2.24) is 0 Å². The van der Waals surface area contributed by atoms with Crippen LogP contribution in [0.4, 0.5) is 4.39 Å². The van der Waals surface area contributed by atoms with Crippen molar-refractivity contribution in [3.05, 3.63) is 41.7 Å². The van der Waals surface area contributed by atoms with Gasteiger partial charge in [0.15, 0.2) is 0 Å². The van der Waals surface area contributed by atoms with Crippen LogP contribution in [0.2, 0.25) is 5.02 Å². The van der Waals surface area contributed by atoms with Crippen molar-refractivity contribution in [3.8, 4) is 5.75 Å². The van der Waals surface area contributed by atoms with Crippen molar-refractivity contribution in [2.24, 2.45) is 23.7 Å². The zero-order valence-corrected chi connectivity index (χ0v) is 17.4. The second kappa shape index (κ2) is 10.4. The van der Waals surface area contributed by atoms with E-state index in [4.69, 9.17) is 16.3 Å². The number of esters is 1. The van der Waals surface area contributed by atoms with Gasteiger partial charge in [0.1, 0.15) is 11.6 Å². The smallest absolute Gasteiger partial charge is 0.314 e. The predicted octanol–water partition coefficient (Wildman–Crippen LogP) is 7.35. The van der Waals surface area contributed by atoms with E-state index < -0.39 is 5.82 Å². The number of halogens is 2. The van der Waals surface area contributed by atoms with Crippen LogP contribution in [0.3, 0.4) is 0 Å². The standard InChI is InChI=1S/C24H32ClFO2/c1-2-3-4-5-17-6-8-18(9-7-17)19-10-12-20(13-11-19)24(27)28-21-14-15-23(26)22(25)16-21/h2,14-20H,1,3-13H2/t17-,18-,19?,20?. The van der Waals surface area contributed by atoms with Gasteiger partial charge >= 0.3 is 5.97 Å². The van der Waals surface area contributed by atoms with Crippen LogP contribution in [0.5, 0.6) is 5.75 Å². The molecule has 0 heterocycles. The molecule has 0 aromatic heterocycles. The first kappa shape index (κ1) is 21.4. The second-order valence-electron chi connectivity index (χ2n) is 8.61. The van der Waals surface area contributed by atoms with Gasteiger partial charge in [-0.1, -0.05) is 36.9 Å². The Hall–Kier alpha value is -1.35. The lowest BCUT2D eigenvalue weighted by Crippen LogP contribution is -2.30. The predicted molar refractivity (Wildman–Crippen MR) is 112 cm³/mol. The lowest BCUT2D eigenvalue weighted by Gasteiger charge is -2.37. The molecule has 0 spiro atoms. The van der Waals surface area contributed by atoms with Crippen LogP contribution in [0.15, 0.2) is 30.9 Å². The SMILES string of the molecule is C=CCCC[C@H]1CC[C@H](C2CCC(C(=O)Oc3ccc(F)c(Cl)c3)CC2)CC1. The number of carbonyl (C=O) groups is 1. The first-order chi connectivity index (χ1) is 13.6. The van der Waals surface area contributed by atoms with Crippen LogP contribution in [-0.2, 0) is 4.79 Å². The molecule has 0 atom stereocenters. The summed E-state index contributed by atoms with van der Waals surface area (Å²) in [5.74, 6) is 2.08. The van der Waals surface area contributed by atoms with Gasteiger partial charge < -0.3 is 4.74 Å². The average molecular weight is 407 g/mol. The fourth-order valence-electron chi connectivity index (χ4n) is 5.07. The zero-order valence-electron chi connectivity index (χ0n) is 16.7. The Kier molecular flexibility index (Phi) is 7.96. The van der Waals surface area contributed by atoms with E-state index >= 15 is 0 Å². The van der Waals surface area contributed by atoms with Gasteiger partial charge in [0.05, 0.1) is 10.9 Å². The van der Waals surface area contributed by atoms with Crippen molar-refractivity contribution in [3.63, 3.8) is 0 Å². The van der Waals surface area contributed by atoms with E-state index in [-0.39, 0.29) is 16.9 Å². The van der Waals surface area contributed by atoms with Gasteiger partial charge in [-0.2, -0.15) is 0 Å². The highest BCUT2D eigenvalue weighted by Gasteiger charge is 2.33. The molecule has 28 heavy (non-hydrogen) atoms. The summed E-state index contributed by atoms with van der Waals surface area (Å²) in [6.45, 7) is 3.81. The summed E-state index contributed by atoms with van der Waals surface area (Å²) >= 11 is 5.76. The third-order valence-corrected chi connectivity index (χ3v) is 7.08. The highest BCUT2D eigenvalue weighted by molar-refractivity contribution is 6.30. The minimum atomic E-state index is -0.502. The number of benzene rings is 1. The summed E-state index contributed by atoms with van der Waals surface area (Å²) in [6.07, 6.45) is 15.3. The second-order valence-corrected chi connectivity index (χ2v) is 9.02. The molecule has 0 bridgehead atoms. The summed E-state index contributed by atoms with van der Waals surface area (Å²) in [4.78, 5) is 12.4. The summed E-state index contributed by atoms with van der Waals surface area (Å²) in [5.41, 5.74) is 0. The van der Waals surface area contributed by atoms with Gasteiger partial charge in [-0.25, -0.2) is 4.39 Å². The maximum absolute atomic E-state index is 13.2. The lowest BCUT2D eigenvalue weighted by atomic mass is 9.68. The van der Waals surface area contributed by atoms with Crippen molar-refractivity contribution in [2.75, 3.05) is 0 Å². The molecule has 2 aliphatic rings. The van der Waals surface area contributed by atoms with Crippen LogP contribution < -0.4 is 4.74 Å². The summed E-state index contributed by atoms with van der Waals surface area (Å²) in [7, 11) is 0. The first-order valence-electron chi connectivity index (χ1n) is 10.8. The van der Waals surface area contributed by atoms with Crippen molar-refractivity contribution in [1.29, 1.82) is 0 Å². The van der Waals surface area contributed by atoms with Gasteiger partial charge in [0.25, 0.3) is 0 Å². The Bertz CT molecular complexity index is 659. The van der Waals surface area contributed by atoms with Crippen LogP contribution >= 0.6 is 11.6 Å². The van der Waals surface area contributed by atoms with Crippen LogP contribution in [0.25, 0.3) is 0 Å². The quantitative estimate of drug-likeness (QED) is 0.205. The molecule has 1 aromatic carbocycles. The van der Waals surface area contributed by atoms with Crippen molar-refractivity contribution >= 4 is 17.6 Å². The van der Waals surface area contributed by atoms with Gasteiger partial charge in [0.2, 0.25) is 0 Å². The van der Waals surface area contributed by atoms with E-state index in [1.165, 1.54) is 56.7 Å². The van der Waals surface area contributed by atoms with Gasteiger partial charge in [-0.3, -0.25) is 4.79 Å². The first-order valence-corrected chi connectivity index (χ1v) is 11.2. The van der Waals surface area contributed by atoms with E-state index in [9.17, 15) is 9.18 Å². The van der Waals surface area contributed by atoms with Gasteiger partial charge in [0, 0.05) is 6.07 Å². The van der Waals surface area contributed by atoms with E-state index in [2.05, 4.69) is 6.58 Å². The van der Waals surface area contributed by atoms with Crippen molar-refractivity contribution in [2.45, 2.75) is 70.6 Å². The molecule has 0 unspecified atom stereocenters. The Balaban J connectivity index is 1.40. The molecule has 154 valence electrons. The zero-order chi connectivity index (χ0) is 19.9. The number of rotatable bonds is 7. The number of carbonyl (C=O) groups excluding carboxylic acids is 1. The molecular formula is C24H32ClFO2. The van der Waals surface area contributed by atoms with Gasteiger partial charge in [-0.15, -0.1) is 6.58 Å². The minimum Gasteiger partial charge on any atom is -0.426 e. The van der Waals surface area contributed by atoms with Gasteiger partial charge in [-0.05, 0) is 81.3 Å². The number of allylic oxidation sites excluding steroid dienone is 1. The monoisotopic (exact) mass is 406 g/mol. The Labute approximate surface area is 173 Å². The number of ether oxygens (including phenoxy) is 1. The molecule has 2 fully saturated rings.